The third kappa shape index (κ3) is 5.19. The van der Waals surface area contributed by atoms with Crippen LogP contribution in [0, 0.1) is 0 Å². The molecule has 0 unspecified atom stereocenters. The third-order valence-electron chi connectivity index (χ3n) is 5.44. The molecule has 0 saturated carbocycles. The molecule has 0 spiro atoms. The van der Waals surface area contributed by atoms with Crippen molar-refractivity contribution in [3.8, 4) is 0 Å². The summed E-state index contributed by atoms with van der Waals surface area (Å²) in [6.07, 6.45) is 4.63. The number of amides is 1. The molecular weight excluding hydrogens is 430 g/mol. The Morgan fingerprint density at radius 1 is 1.29 bits per heavy atom. The molecule has 1 amide bonds. The molecule has 2 heterocycles. The summed E-state index contributed by atoms with van der Waals surface area (Å²) in [7, 11) is 1.65. The second-order valence-electron chi connectivity index (χ2n) is 7.61. The second-order valence-corrected chi connectivity index (χ2v) is 9.64. The van der Waals surface area contributed by atoms with Crippen LogP contribution in [0.15, 0.2) is 40.3 Å². The number of carbonyl (C=O) groups excluding carboxylic acids is 1. The standard InChI is InChI=1S/C23H27N3O3S2/c1-29-14-6-12-24-19(27)15-30-23-25-21-20(17-9-5-10-18(17)31-21)22(28)26(23)13-11-16-7-3-2-4-8-16/h2-4,7-8H,5-6,9-15H2,1H3,(H,24,27). The number of fused-ring (bicyclic) bond motifs is 3. The fourth-order valence-electron chi connectivity index (χ4n) is 3.88. The van der Waals surface area contributed by atoms with Crippen molar-refractivity contribution in [2.24, 2.45) is 0 Å². The van der Waals surface area contributed by atoms with E-state index in [9.17, 15) is 9.59 Å². The van der Waals surface area contributed by atoms with E-state index in [2.05, 4.69) is 17.4 Å². The SMILES string of the molecule is COCCCNC(=O)CSc1nc2sc3c(c2c(=O)n1CCc1ccccc1)CCC3. The molecule has 1 aliphatic carbocycles. The van der Waals surface area contributed by atoms with E-state index < -0.39 is 0 Å². The van der Waals surface area contributed by atoms with Crippen molar-refractivity contribution in [2.75, 3.05) is 26.0 Å². The van der Waals surface area contributed by atoms with Crippen LogP contribution in [-0.4, -0.2) is 41.5 Å². The predicted molar refractivity (Wildman–Crippen MR) is 126 cm³/mol. The maximum Gasteiger partial charge on any atom is 0.263 e. The molecule has 0 bridgehead atoms. The Morgan fingerprint density at radius 2 is 2.13 bits per heavy atom. The van der Waals surface area contributed by atoms with Crippen LogP contribution in [0.25, 0.3) is 10.2 Å². The Kier molecular flexibility index (Phi) is 7.42. The normalized spacial score (nSPS) is 12.9. The molecule has 6 nitrogen and oxygen atoms in total. The maximum absolute atomic E-state index is 13.5. The molecule has 1 aromatic carbocycles. The highest BCUT2D eigenvalue weighted by molar-refractivity contribution is 7.99. The Morgan fingerprint density at radius 3 is 2.94 bits per heavy atom. The van der Waals surface area contributed by atoms with E-state index in [0.717, 1.165) is 42.3 Å². The van der Waals surface area contributed by atoms with Crippen LogP contribution in [0.3, 0.4) is 0 Å². The highest BCUT2D eigenvalue weighted by Crippen LogP contribution is 2.35. The first-order chi connectivity index (χ1) is 15.2. The van der Waals surface area contributed by atoms with E-state index >= 15 is 0 Å². The van der Waals surface area contributed by atoms with Gasteiger partial charge in [0.2, 0.25) is 5.91 Å². The fourth-order valence-corrected chi connectivity index (χ4v) is 6.03. The summed E-state index contributed by atoms with van der Waals surface area (Å²) in [5, 5.41) is 4.31. The minimum atomic E-state index is -0.0567. The minimum absolute atomic E-state index is 0.0309. The summed E-state index contributed by atoms with van der Waals surface area (Å²) in [6.45, 7) is 1.75. The minimum Gasteiger partial charge on any atom is -0.385 e. The zero-order valence-electron chi connectivity index (χ0n) is 17.7. The molecule has 0 saturated heterocycles. The van der Waals surface area contributed by atoms with E-state index in [-0.39, 0.29) is 17.2 Å². The summed E-state index contributed by atoms with van der Waals surface area (Å²) in [5.74, 6) is 0.181. The lowest BCUT2D eigenvalue weighted by molar-refractivity contribution is -0.118. The van der Waals surface area contributed by atoms with Gasteiger partial charge in [-0.2, -0.15) is 0 Å². The predicted octanol–water partition coefficient (Wildman–Crippen LogP) is 3.43. The fraction of sp³-hybridized carbons (Fsp3) is 0.435. The number of aryl methyl sites for hydroxylation is 3. The lowest BCUT2D eigenvalue weighted by Crippen LogP contribution is -2.28. The Bertz CT molecular complexity index is 1110. The number of thioether (sulfide) groups is 1. The molecule has 0 aliphatic heterocycles. The van der Waals surface area contributed by atoms with Crippen LogP contribution in [0.2, 0.25) is 0 Å². The molecule has 0 radical (unpaired) electrons. The average Bonchev–Trinajstić information content (AvgIpc) is 3.36. The highest BCUT2D eigenvalue weighted by atomic mass is 32.2. The van der Waals surface area contributed by atoms with Crippen LogP contribution >= 0.6 is 23.1 Å². The smallest absolute Gasteiger partial charge is 0.263 e. The molecule has 8 heteroatoms. The van der Waals surface area contributed by atoms with Gasteiger partial charge in [-0.05, 0) is 43.2 Å². The third-order valence-corrected chi connectivity index (χ3v) is 7.60. The van der Waals surface area contributed by atoms with E-state index in [1.54, 1.807) is 23.0 Å². The van der Waals surface area contributed by atoms with Gasteiger partial charge in [0.05, 0.1) is 11.1 Å². The molecular formula is C23H27N3O3S2. The lowest BCUT2D eigenvalue weighted by atomic mass is 10.1. The number of thiophene rings is 1. The van der Waals surface area contributed by atoms with Crippen LogP contribution in [-0.2, 0) is 35.3 Å². The number of carbonyl (C=O) groups is 1. The van der Waals surface area contributed by atoms with Gasteiger partial charge in [0.1, 0.15) is 4.83 Å². The van der Waals surface area contributed by atoms with E-state index in [4.69, 9.17) is 9.72 Å². The van der Waals surface area contributed by atoms with E-state index in [1.807, 2.05) is 18.2 Å². The molecule has 0 fully saturated rings. The highest BCUT2D eigenvalue weighted by Gasteiger charge is 2.23. The number of hydrogen-bond acceptors (Lipinski definition) is 6. The number of rotatable bonds is 10. The van der Waals surface area contributed by atoms with E-state index in [0.29, 0.717) is 24.9 Å². The van der Waals surface area contributed by atoms with Crippen molar-refractivity contribution in [1.29, 1.82) is 0 Å². The van der Waals surface area contributed by atoms with Gasteiger partial charge in [0, 0.05) is 31.7 Å². The van der Waals surface area contributed by atoms with Gasteiger partial charge in [0.15, 0.2) is 5.16 Å². The van der Waals surface area contributed by atoms with Crippen molar-refractivity contribution >= 4 is 39.2 Å². The maximum atomic E-state index is 13.5. The molecule has 3 aromatic rings. The second kappa shape index (κ2) is 10.4. The first-order valence-electron chi connectivity index (χ1n) is 10.6. The van der Waals surface area contributed by atoms with Crippen molar-refractivity contribution in [3.05, 3.63) is 56.7 Å². The summed E-state index contributed by atoms with van der Waals surface area (Å²) in [6, 6.07) is 10.1. The number of nitrogens with one attached hydrogen (secondary N) is 1. The molecule has 2 aromatic heterocycles. The van der Waals surface area contributed by atoms with Crippen LogP contribution in [0.4, 0.5) is 0 Å². The first-order valence-corrected chi connectivity index (χ1v) is 12.4. The molecule has 1 N–H and O–H groups in total. The van der Waals surface area contributed by atoms with Gasteiger partial charge in [-0.15, -0.1) is 11.3 Å². The van der Waals surface area contributed by atoms with Crippen LogP contribution < -0.4 is 10.9 Å². The van der Waals surface area contributed by atoms with Crippen molar-refractivity contribution in [1.82, 2.24) is 14.9 Å². The van der Waals surface area contributed by atoms with Gasteiger partial charge >= 0.3 is 0 Å². The summed E-state index contributed by atoms with van der Waals surface area (Å²) < 4.78 is 6.78. The largest absolute Gasteiger partial charge is 0.385 e. The zero-order chi connectivity index (χ0) is 21.6. The average molecular weight is 458 g/mol. The number of aromatic nitrogens is 2. The first kappa shape index (κ1) is 22.0. The number of benzene rings is 1. The van der Waals surface area contributed by atoms with Crippen molar-refractivity contribution in [2.45, 2.75) is 43.8 Å². The van der Waals surface area contributed by atoms with E-state index in [1.165, 1.54) is 27.8 Å². The molecule has 0 atom stereocenters. The van der Waals surface area contributed by atoms with Gasteiger partial charge < -0.3 is 10.1 Å². The molecule has 1 aliphatic rings. The Hall–Kier alpha value is -2.16. The van der Waals surface area contributed by atoms with Gasteiger partial charge in [0.25, 0.3) is 5.56 Å². The zero-order valence-corrected chi connectivity index (χ0v) is 19.3. The van der Waals surface area contributed by atoms with Crippen LogP contribution in [0.1, 0.15) is 28.8 Å². The van der Waals surface area contributed by atoms with Gasteiger partial charge in [-0.3, -0.25) is 14.2 Å². The van der Waals surface area contributed by atoms with Crippen molar-refractivity contribution in [3.63, 3.8) is 0 Å². The summed E-state index contributed by atoms with van der Waals surface area (Å²) in [5.41, 5.74) is 2.40. The number of hydrogen-bond donors (Lipinski definition) is 1. The van der Waals surface area contributed by atoms with Crippen LogP contribution in [0.5, 0.6) is 0 Å². The topological polar surface area (TPSA) is 73.2 Å². The Balaban J connectivity index is 1.56. The summed E-state index contributed by atoms with van der Waals surface area (Å²) >= 11 is 2.98. The number of nitrogens with zero attached hydrogens (tertiary/aromatic N) is 2. The van der Waals surface area contributed by atoms with Gasteiger partial charge in [-0.25, -0.2) is 4.98 Å². The number of methoxy groups -OCH3 is 1. The molecule has 4 rings (SSSR count). The molecule has 31 heavy (non-hydrogen) atoms. The summed E-state index contributed by atoms with van der Waals surface area (Å²) in [4.78, 5) is 32.7. The Labute approximate surface area is 190 Å². The quantitative estimate of drug-likeness (QED) is 0.287. The van der Waals surface area contributed by atoms with Gasteiger partial charge in [-0.1, -0.05) is 42.1 Å². The molecule has 164 valence electrons. The van der Waals surface area contributed by atoms with Crippen molar-refractivity contribution < 1.29 is 9.53 Å². The lowest BCUT2D eigenvalue weighted by Gasteiger charge is -2.13. The number of ether oxygens (including phenoxy) is 1. The monoisotopic (exact) mass is 457 g/mol.